The number of hydrogen-bond acceptors (Lipinski definition) is 3. The zero-order chi connectivity index (χ0) is 14.2. The molecule has 1 unspecified atom stereocenters. The molecule has 0 saturated heterocycles. The van der Waals surface area contributed by atoms with E-state index in [0.29, 0.717) is 5.02 Å². The summed E-state index contributed by atoms with van der Waals surface area (Å²) in [5.74, 6) is 0. The van der Waals surface area contributed by atoms with Gasteiger partial charge < -0.3 is 5.73 Å². The van der Waals surface area contributed by atoms with Crippen LogP contribution < -0.4 is 5.73 Å². The van der Waals surface area contributed by atoms with E-state index >= 15 is 0 Å². The Morgan fingerprint density at radius 2 is 2.11 bits per heavy atom. The SMILES string of the molecule is CCc1cc(C(N)c2c(Cl)cnn2C(C)C)n(C)n1. The average Bonchev–Trinajstić information content (AvgIpc) is 2.91. The van der Waals surface area contributed by atoms with Crippen molar-refractivity contribution >= 4 is 11.6 Å². The summed E-state index contributed by atoms with van der Waals surface area (Å²) in [6.07, 6.45) is 2.53. The number of rotatable bonds is 4. The molecule has 0 saturated carbocycles. The summed E-state index contributed by atoms with van der Waals surface area (Å²) >= 11 is 6.23. The number of aryl methyl sites for hydroxylation is 2. The first-order valence-electron chi connectivity index (χ1n) is 6.47. The highest BCUT2D eigenvalue weighted by atomic mass is 35.5. The number of nitrogens with zero attached hydrogens (tertiary/aromatic N) is 4. The van der Waals surface area contributed by atoms with Gasteiger partial charge in [0.25, 0.3) is 0 Å². The van der Waals surface area contributed by atoms with Gasteiger partial charge in [-0.15, -0.1) is 0 Å². The lowest BCUT2D eigenvalue weighted by atomic mass is 10.1. The van der Waals surface area contributed by atoms with Gasteiger partial charge in [-0.1, -0.05) is 18.5 Å². The second-order valence-corrected chi connectivity index (χ2v) is 5.34. The van der Waals surface area contributed by atoms with Crippen LogP contribution in [0.15, 0.2) is 12.3 Å². The lowest BCUT2D eigenvalue weighted by Crippen LogP contribution is -2.21. The molecule has 2 rings (SSSR count). The second-order valence-electron chi connectivity index (χ2n) is 4.93. The quantitative estimate of drug-likeness (QED) is 0.936. The Morgan fingerprint density at radius 1 is 1.42 bits per heavy atom. The topological polar surface area (TPSA) is 61.7 Å². The highest BCUT2D eigenvalue weighted by molar-refractivity contribution is 6.31. The van der Waals surface area contributed by atoms with Gasteiger partial charge in [0.2, 0.25) is 0 Å². The minimum atomic E-state index is -0.324. The van der Waals surface area contributed by atoms with Gasteiger partial charge >= 0.3 is 0 Å². The van der Waals surface area contributed by atoms with Crippen molar-refractivity contribution in [2.75, 3.05) is 0 Å². The van der Waals surface area contributed by atoms with E-state index in [1.807, 2.05) is 22.5 Å². The number of halogens is 1. The molecular formula is C13H20ClN5. The fourth-order valence-electron chi connectivity index (χ4n) is 2.20. The molecule has 104 valence electrons. The summed E-state index contributed by atoms with van der Waals surface area (Å²) in [5, 5.41) is 9.32. The van der Waals surface area contributed by atoms with Crippen molar-refractivity contribution in [3.63, 3.8) is 0 Å². The van der Waals surface area contributed by atoms with Crippen molar-refractivity contribution in [3.05, 3.63) is 34.4 Å². The standard InChI is InChI=1S/C13H20ClN5/c1-5-9-6-11(18(4)17-9)12(15)13-10(14)7-16-19(13)8(2)3/h6-8,12H,5,15H2,1-4H3. The minimum Gasteiger partial charge on any atom is -0.318 e. The Kier molecular flexibility index (Phi) is 3.96. The highest BCUT2D eigenvalue weighted by Gasteiger charge is 2.22. The molecule has 0 bridgehead atoms. The van der Waals surface area contributed by atoms with Gasteiger partial charge in [0.1, 0.15) is 0 Å². The molecule has 0 aliphatic heterocycles. The Bertz CT molecular complexity index is 570. The Hall–Kier alpha value is -1.33. The number of nitrogens with two attached hydrogens (primary N) is 1. The smallest absolute Gasteiger partial charge is 0.0909 e. The third-order valence-corrected chi connectivity index (χ3v) is 3.51. The van der Waals surface area contributed by atoms with E-state index in [1.165, 1.54) is 0 Å². The van der Waals surface area contributed by atoms with Crippen LogP contribution in [-0.2, 0) is 13.5 Å². The van der Waals surface area contributed by atoms with Crippen molar-refractivity contribution in [1.29, 1.82) is 0 Å². The van der Waals surface area contributed by atoms with Gasteiger partial charge in [-0.25, -0.2) is 0 Å². The molecule has 0 spiro atoms. The monoisotopic (exact) mass is 281 g/mol. The van der Waals surface area contributed by atoms with E-state index in [0.717, 1.165) is 23.5 Å². The molecule has 0 aliphatic carbocycles. The van der Waals surface area contributed by atoms with Crippen molar-refractivity contribution in [2.24, 2.45) is 12.8 Å². The molecule has 0 aromatic carbocycles. The normalized spacial score (nSPS) is 13.2. The maximum absolute atomic E-state index is 6.36. The molecule has 2 aromatic rings. The molecule has 2 N–H and O–H groups in total. The predicted molar refractivity (Wildman–Crippen MR) is 76.2 cm³/mol. The van der Waals surface area contributed by atoms with Crippen molar-refractivity contribution in [1.82, 2.24) is 19.6 Å². The third-order valence-electron chi connectivity index (χ3n) is 3.22. The summed E-state index contributed by atoms with van der Waals surface area (Å²) in [7, 11) is 1.90. The first kappa shape index (κ1) is 14.1. The Morgan fingerprint density at radius 3 is 2.63 bits per heavy atom. The van der Waals surface area contributed by atoms with Crippen LogP contribution in [0.5, 0.6) is 0 Å². The summed E-state index contributed by atoms with van der Waals surface area (Å²) in [5.41, 5.74) is 9.17. The Labute approximate surface area is 118 Å². The summed E-state index contributed by atoms with van der Waals surface area (Å²) in [6, 6.07) is 1.92. The van der Waals surface area contributed by atoms with Crippen LogP contribution in [0.25, 0.3) is 0 Å². The molecule has 1 atom stereocenters. The minimum absolute atomic E-state index is 0.215. The third kappa shape index (κ3) is 2.53. The first-order valence-corrected chi connectivity index (χ1v) is 6.84. The number of hydrogen-bond donors (Lipinski definition) is 1. The molecule has 2 aromatic heterocycles. The van der Waals surface area contributed by atoms with E-state index in [4.69, 9.17) is 17.3 Å². The van der Waals surface area contributed by atoms with Crippen LogP contribution in [0.3, 0.4) is 0 Å². The molecule has 19 heavy (non-hydrogen) atoms. The average molecular weight is 282 g/mol. The van der Waals surface area contributed by atoms with E-state index < -0.39 is 0 Å². The second kappa shape index (κ2) is 5.35. The van der Waals surface area contributed by atoms with E-state index in [2.05, 4.69) is 31.0 Å². The van der Waals surface area contributed by atoms with Crippen LogP contribution in [0, 0.1) is 0 Å². The van der Waals surface area contributed by atoms with E-state index in [9.17, 15) is 0 Å². The summed E-state index contributed by atoms with van der Waals surface area (Å²) in [6.45, 7) is 6.18. The van der Waals surface area contributed by atoms with Gasteiger partial charge in [0, 0.05) is 13.1 Å². The highest BCUT2D eigenvalue weighted by Crippen LogP contribution is 2.28. The van der Waals surface area contributed by atoms with Crippen LogP contribution in [0.1, 0.15) is 49.9 Å². The molecule has 6 heteroatoms. The molecule has 2 heterocycles. The van der Waals surface area contributed by atoms with Gasteiger partial charge in [-0.05, 0) is 26.3 Å². The predicted octanol–water partition coefficient (Wildman–Crippen LogP) is 2.46. The van der Waals surface area contributed by atoms with Gasteiger partial charge in [-0.2, -0.15) is 10.2 Å². The van der Waals surface area contributed by atoms with Crippen LogP contribution in [0.4, 0.5) is 0 Å². The lowest BCUT2D eigenvalue weighted by molar-refractivity contribution is 0.493. The van der Waals surface area contributed by atoms with Crippen LogP contribution in [-0.4, -0.2) is 19.6 Å². The van der Waals surface area contributed by atoms with Crippen molar-refractivity contribution in [3.8, 4) is 0 Å². The first-order chi connectivity index (χ1) is 8.95. The lowest BCUT2D eigenvalue weighted by Gasteiger charge is -2.17. The molecular weight excluding hydrogens is 262 g/mol. The van der Waals surface area contributed by atoms with Crippen molar-refractivity contribution < 1.29 is 0 Å². The molecule has 0 radical (unpaired) electrons. The zero-order valence-corrected chi connectivity index (χ0v) is 12.5. The van der Waals surface area contributed by atoms with Gasteiger partial charge in [0.15, 0.2) is 0 Å². The van der Waals surface area contributed by atoms with Crippen LogP contribution >= 0.6 is 11.6 Å². The fourth-order valence-corrected chi connectivity index (χ4v) is 2.45. The fraction of sp³-hybridized carbons (Fsp3) is 0.538. The largest absolute Gasteiger partial charge is 0.318 e. The van der Waals surface area contributed by atoms with E-state index in [1.54, 1.807) is 6.20 Å². The van der Waals surface area contributed by atoms with Gasteiger partial charge in [-0.3, -0.25) is 9.36 Å². The maximum Gasteiger partial charge on any atom is 0.0909 e. The Balaban J connectivity index is 2.46. The maximum atomic E-state index is 6.36. The molecule has 0 fully saturated rings. The van der Waals surface area contributed by atoms with Gasteiger partial charge in [0.05, 0.1) is 34.3 Å². The van der Waals surface area contributed by atoms with E-state index in [-0.39, 0.29) is 12.1 Å². The summed E-state index contributed by atoms with van der Waals surface area (Å²) in [4.78, 5) is 0. The molecule has 0 amide bonds. The summed E-state index contributed by atoms with van der Waals surface area (Å²) < 4.78 is 3.68. The molecule has 5 nitrogen and oxygen atoms in total. The number of aromatic nitrogens is 4. The van der Waals surface area contributed by atoms with Crippen molar-refractivity contribution in [2.45, 2.75) is 39.3 Å². The molecule has 0 aliphatic rings. The zero-order valence-electron chi connectivity index (χ0n) is 11.8. The van der Waals surface area contributed by atoms with Crippen LogP contribution in [0.2, 0.25) is 5.02 Å².